The van der Waals surface area contributed by atoms with Gasteiger partial charge in [-0.15, -0.1) is 11.8 Å². The largest absolute Gasteiger partial charge is 0.468 e. The maximum Gasteiger partial charge on any atom is 0.410 e. The lowest BCUT2D eigenvalue weighted by Gasteiger charge is -2.38. The second-order valence-electron chi connectivity index (χ2n) is 12.8. The number of carbonyl (C=O) groups is 1. The summed E-state index contributed by atoms with van der Waals surface area (Å²) < 4.78 is 36.4. The number of ether oxygens (including phenoxy) is 3. The Morgan fingerprint density at radius 2 is 1.98 bits per heavy atom. The molecule has 3 fully saturated rings. The lowest BCUT2D eigenvalue weighted by molar-refractivity contribution is 0.0512. The molecule has 0 spiro atoms. The molecule has 1 amide bonds. The monoisotopic (exact) mass is 681 g/mol. The molecular formula is C38H40FN5O4S. The average Bonchev–Trinajstić information content (AvgIpc) is 3.83. The molecule has 4 heterocycles. The van der Waals surface area contributed by atoms with Gasteiger partial charge in [-0.2, -0.15) is 5.26 Å². The minimum absolute atomic E-state index is 0.00263. The molecule has 9 nitrogen and oxygen atoms in total. The third-order valence-corrected chi connectivity index (χ3v) is 10.6. The van der Waals surface area contributed by atoms with Gasteiger partial charge < -0.3 is 23.7 Å². The summed E-state index contributed by atoms with van der Waals surface area (Å²) in [6.45, 7) is 5.24. The van der Waals surface area contributed by atoms with Gasteiger partial charge in [-0.1, -0.05) is 44.5 Å². The van der Waals surface area contributed by atoms with E-state index in [2.05, 4.69) is 24.5 Å². The molecule has 1 aliphatic carbocycles. The fourth-order valence-electron chi connectivity index (χ4n) is 7.68. The first-order valence-corrected chi connectivity index (χ1v) is 18.2. The molecule has 11 heteroatoms. The zero-order valence-electron chi connectivity index (χ0n) is 28.3. The van der Waals surface area contributed by atoms with E-state index in [1.165, 1.54) is 11.8 Å². The molecule has 5 aromatic rings. The summed E-state index contributed by atoms with van der Waals surface area (Å²) in [7, 11) is 1.56. The Morgan fingerprint density at radius 3 is 2.73 bits per heavy atom. The fraction of sp³-hybridized carbons (Fsp3) is 0.421. The first-order valence-electron chi connectivity index (χ1n) is 17.0. The molecule has 3 atom stereocenters. The van der Waals surface area contributed by atoms with Crippen LogP contribution in [0.4, 0.5) is 9.18 Å². The summed E-state index contributed by atoms with van der Waals surface area (Å²) in [5.41, 5.74) is 3.61. The van der Waals surface area contributed by atoms with Gasteiger partial charge in [0.25, 0.3) is 0 Å². The fourth-order valence-corrected chi connectivity index (χ4v) is 8.20. The number of carbonyl (C=O) groups excluding carboxylic acids is 1. The van der Waals surface area contributed by atoms with Crippen LogP contribution in [0, 0.1) is 23.1 Å². The van der Waals surface area contributed by atoms with Crippen LogP contribution in [0.25, 0.3) is 43.8 Å². The van der Waals surface area contributed by atoms with Gasteiger partial charge >= 0.3 is 6.09 Å². The van der Waals surface area contributed by atoms with Crippen molar-refractivity contribution in [1.82, 2.24) is 19.4 Å². The van der Waals surface area contributed by atoms with Crippen LogP contribution in [0.15, 0.2) is 47.5 Å². The van der Waals surface area contributed by atoms with Crippen LogP contribution in [-0.2, 0) is 22.3 Å². The van der Waals surface area contributed by atoms with Gasteiger partial charge in [0.05, 0.1) is 30.3 Å². The number of hydrogen-bond donors (Lipinski definition) is 0. The van der Waals surface area contributed by atoms with Gasteiger partial charge in [-0.3, -0.25) is 0 Å². The van der Waals surface area contributed by atoms with E-state index in [9.17, 15) is 10.1 Å². The molecule has 2 aliphatic heterocycles. The minimum atomic E-state index is -0.444. The summed E-state index contributed by atoms with van der Waals surface area (Å²) in [6, 6.07) is 15.8. The third kappa shape index (κ3) is 5.65. The predicted molar refractivity (Wildman–Crippen MR) is 189 cm³/mol. The number of halogens is 1. The highest BCUT2D eigenvalue weighted by molar-refractivity contribution is 7.98. The van der Waals surface area contributed by atoms with E-state index < -0.39 is 5.82 Å². The minimum Gasteiger partial charge on any atom is -0.468 e. The van der Waals surface area contributed by atoms with Crippen LogP contribution < -0.4 is 4.74 Å². The summed E-state index contributed by atoms with van der Waals surface area (Å²) in [5.74, 6) is 1.24. The molecule has 8 rings (SSSR count). The molecule has 3 aliphatic rings. The quantitative estimate of drug-likeness (QED) is 0.0735. The lowest BCUT2D eigenvalue weighted by atomic mass is 9.79. The van der Waals surface area contributed by atoms with E-state index in [-0.39, 0.29) is 42.8 Å². The number of benzene rings is 3. The molecule has 254 valence electrons. The number of rotatable bonds is 12. The van der Waals surface area contributed by atoms with Crippen molar-refractivity contribution < 1.29 is 23.4 Å². The van der Waals surface area contributed by atoms with Crippen LogP contribution in [-0.4, -0.2) is 64.9 Å². The van der Waals surface area contributed by atoms with Gasteiger partial charge in [0.1, 0.15) is 27.6 Å². The zero-order chi connectivity index (χ0) is 34.2. The average molecular weight is 682 g/mol. The summed E-state index contributed by atoms with van der Waals surface area (Å²) in [6.07, 6.45) is 5.60. The third-order valence-electron chi connectivity index (χ3n) is 9.95. The van der Waals surface area contributed by atoms with Crippen LogP contribution in [0.5, 0.6) is 5.75 Å². The van der Waals surface area contributed by atoms with Gasteiger partial charge in [0.15, 0.2) is 12.6 Å². The molecular weight excluding hydrogens is 642 g/mol. The number of unbranched alkanes of at least 4 members (excludes halogenated alkanes) is 1. The van der Waals surface area contributed by atoms with Crippen molar-refractivity contribution in [3.05, 3.63) is 59.7 Å². The molecule has 2 aromatic heterocycles. The first-order chi connectivity index (χ1) is 23.9. The zero-order valence-corrected chi connectivity index (χ0v) is 29.1. The molecule has 2 saturated heterocycles. The molecule has 3 aromatic carbocycles. The van der Waals surface area contributed by atoms with E-state index in [1.807, 2.05) is 53.6 Å². The Hall–Kier alpha value is -4.40. The highest BCUT2D eigenvalue weighted by atomic mass is 32.2. The van der Waals surface area contributed by atoms with E-state index in [0.717, 1.165) is 46.9 Å². The summed E-state index contributed by atoms with van der Waals surface area (Å²) in [4.78, 5) is 25.0. The molecule has 0 radical (unpaired) electrons. The number of hydrogen-bond acceptors (Lipinski definition) is 8. The van der Waals surface area contributed by atoms with Crippen molar-refractivity contribution in [2.24, 2.45) is 5.92 Å². The van der Waals surface area contributed by atoms with Crippen molar-refractivity contribution in [2.45, 2.75) is 69.5 Å². The van der Waals surface area contributed by atoms with Crippen LogP contribution in [0.1, 0.15) is 57.0 Å². The Morgan fingerprint density at radius 1 is 1.14 bits per heavy atom. The lowest BCUT2D eigenvalue weighted by Crippen LogP contribution is -2.43. The number of methoxy groups -OCH3 is 1. The Balaban J connectivity index is 1.46. The Bertz CT molecular complexity index is 2110. The van der Waals surface area contributed by atoms with Gasteiger partial charge in [-0.05, 0) is 65.6 Å². The normalized spacial score (nSPS) is 18.3. The maximum absolute atomic E-state index is 17.5. The predicted octanol–water partition coefficient (Wildman–Crippen LogP) is 8.45. The van der Waals surface area contributed by atoms with Crippen LogP contribution in [0.3, 0.4) is 0 Å². The van der Waals surface area contributed by atoms with Gasteiger partial charge in [-0.25, -0.2) is 19.2 Å². The highest BCUT2D eigenvalue weighted by Gasteiger charge is 2.56. The van der Waals surface area contributed by atoms with Crippen molar-refractivity contribution in [1.29, 1.82) is 5.26 Å². The standard InChI is InChI=1S/C38H40FN5O4S/c1-5-7-15-47-38(45)43-20-24-18-29(43)35(24)44-30(6-2)41-34-36(44)28-17-23(12-10-14-40)31(32(39)33(28)42-37(34)49-4)27-19-25(48-21-46-3)16-22-11-8-9-13-26(22)27/h8-9,11,13,16-17,19,24,29,35H,5-7,10,12,15,18,20-21H2,1-4H3. The van der Waals surface area contributed by atoms with Crippen molar-refractivity contribution >= 4 is 50.6 Å². The number of nitrogens with zero attached hydrogens (tertiary/aromatic N) is 5. The first kappa shape index (κ1) is 33.1. The Labute approximate surface area is 289 Å². The number of fused-ring (bicyclic) bond motifs is 5. The second-order valence-corrected chi connectivity index (χ2v) is 13.6. The van der Waals surface area contributed by atoms with Crippen LogP contribution >= 0.6 is 11.8 Å². The van der Waals surface area contributed by atoms with Crippen molar-refractivity contribution in [2.75, 3.05) is 33.3 Å². The van der Waals surface area contributed by atoms with E-state index in [4.69, 9.17) is 24.2 Å². The topological polar surface area (TPSA) is 102 Å². The number of pyridine rings is 1. The van der Waals surface area contributed by atoms with E-state index in [1.54, 1.807) is 7.11 Å². The second kappa shape index (κ2) is 13.8. The van der Waals surface area contributed by atoms with Crippen molar-refractivity contribution in [3.63, 3.8) is 0 Å². The number of imidazole rings is 1. The van der Waals surface area contributed by atoms with Crippen molar-refractivity contribution in [3.8, 4) is 22.9 Å². The van der Waals surface area contributed by atoms with Crippen LogP contribution in [0.2, 0.25) is 0 Å². The SMILES string of the molecule is CCCCOC(=O)N1CC2CC1C2n1c(CC)nc2c(SC)nc3c(F)c(-c4cc(OCOC)cc5ccccc45)c(CCC#N)cc3c21. The molecule has 3 unspecified atom stereocenters. The van der Waals surface area contributed by atoms with E-state index in [0.29, 0.717) is 58.8 Å². The number of amides is 1. The molecule has 49 heavy (non-hydrogen) atoms. The number of nitriles is 1. The van der Waals surface area contributed by atoms with E-state index >= 15 is 4.39 Å². The Kier molecular flexibility index (Phi) is 9.36. The summed E-state index contributed by atoms with van der Waals surface area (Å²) in [5, 5.41) is 12.7. The number of aryl methyl sites for hydroxylation is 2. The molecule has 1 saturated carbocycles. The van der Waals surface area contributed by atoms with Gasteiger partial charge in [0.2, 0.25) is 0 Å². The van der Waals surface area contributed by atoms with Gasteiger partial charge in [0, 0.05) is 43.4 Å². The smallest absolute Gasteiger partial charge is 0.410 e. The molecule has 0 N–H and O–H groups in total. The highest BCUT2D eigenvalue weighted by Crippen LogP contribution is 2.52. The number of aromatic nitrogens is 3. The molecule has 2 bridgehead atoms. The maximum atomic E-state index is 17.5. The summed E-state index contributed by atoms with van der Waals surface area (Å²) >= 11 is 1.44. The number of thioether (sulfide) groups is 1.